The van der Waals surface area contributed by atoms with Crippen LogP contribution in [-0.2, 0) is 0 Å². The highest BCUT2D eigenvalue weighted by molar-refractivity contribution is 5.55. The Morgan fingerprint density at radius 2 is 1.68 bits per heavy atom. The number of hydrogen-bond donors (Lipinski definition) is 1. The number of hydrogen-bond acceptors (Lipinski definition) is 3. The maximum absolute atomic E-state index is 13.5. The van der Waals surface area contributed by atoms with Crippen LogP contribution < -0.4 is 10.9 Å². The molecular weight excluding hydrogens is 276 g/mol. The van der Waals surface area contributed by atoms with Crippen molar-refractivity contribution < 1.29 is 26.3 Å². The highest BCUT2D eigenvalue weighted by atomic mass is 19.4. The van der Waals surface area contributed by atoms with E-state index in [1.165, 1.54) is 0 Å². The van der Waals surface area contributed by atoms with Crippen LogP contribution in [0, 0.1) is 17.5 Å². The van der Waals surface area contributed by atoms with Crippen LogP contribution >= 0.6 is 0 Å². The second-order valence-corrected chi connectivity index (χ2v) is 3.72. The summed E-state index contributed by atoms with van der Waals surface area (Å²) >= 11 is 0. The Balaban J connectivity index is 2.51. The molecule has 0 radical (unpaired) electrons. The third-order valence-corrected chi connectivity index (χ3v) is 2.49. The van der Waals surface area contributed by atoms with E-state index in [0.717, 1.165) is 0 Å². The van der Waals surface area contributed by atoms with Gasteiger partial charge in [0.1, 0.15) is 5.70 Å². The summed E-state index contributed by atoms with van der Waals surface area (Å²) in [6, 6.07) is 1.20. The number of nitrogens with two attached hydrogens (primary N) is 1. The third-order valence-electron chi connectivity index (χ3n) is 2.49. The van der Waals surface area contributed by atoms with Crippen molar-refractivity contribution in [2.75, 3.05) is 11.6 Å². The lowest BCUT2D eigenvalue weighted by Gasteiger charge is -2.29. The van der Waals surface area contributed by atoms with E-state index in [-0.39, 0.29) is 11.6 Å². The number of rotatable bonds is 1. The van der Waals surface area contributed by atoms with E-state index in [1.54, 1.807) is 0 Å². The molecule has 1 aromatic carbocycles. The zero-order valence-electron chi connectivity index (χ0n) is 9.18. The lowest BCUT2D eigenvalue weighted by molar-refractivity contribution is -0.0953. The molecule has 0 aliphatic carbocycles. The SMILES string of the molecule is NN1CC=C(C(F)(F)F)N1c1ccc(F)c(F)c1F. The van der Waals surface area contributed by atoms with Crippen molar-refractivity contribution in [2.45, 2.75) is 6.18 Å². The molecule has 0 unspecified atom stereocenters. The molecule has 1 aliphatic heterocycles. The summed E-state index contributed by atoms with van der Waals surface area (Å²) in [4.78, 5) is 0. The lowest BCUT2D eigenvalue weighted by atomic mass is 10.2. The Hall–Kier alpha value is -1.74. The minimum absolute atomic E-state index is 0.248. The van der Waals surface area contributed by atoms with E-state index in [4.69, 9.17) is 5.84 Å². The fourth-order valence-electron chi connectivity index (χ4n) is 1.67. The molecule has 1 aliphatic rings. The normalized spacial score (nSPS) is 17.0. The Morgan fingerprint density at radius 1 is 1.05 bits per heavy atom. The lowest BCUT2D eigenvalue weighted by Crippen LogP contribution is -2.46. The zero-order chi connectivity index (χ0) is 14.4. The van der Waals surface area contributed by atoms with Crippen molar-refractivity contribution in [3.63, 3.8) is 0 Å². The first-order valence-electron chi connectivity index (χ1n) is 4.96. The van der Waals surface area contributed by atoms with Crippen LogP contribution in [0.25, 0.3) is 0 Å². The van der Waals surface area contributed by atoms with Gasteiger partial charge in [-0.05, 0) is 18.2 Å². The molecule has 3 nitrogen and oxygen atoms in total. The second-order valence-electron chi connectivity index (χ2n) is 3.72. The van der Waals surface area contributed by atoms with E-state index in [0.29, 0.717) is 23.3 Å². The highest BCUT2D eigenvalue weighted by Crippen LogP contribution is 2.37. The van der Waals surface area contributed by atoms with Crippen LogP contribution in [0.5, 0.6) is 0 Å². The molecule has 0 amide bonds. The number of benzene rings is 1. The van der Waals surface area contributed by atoms with Gasteiger partial charge in [0.05, 0.1) is 12.2 Å². The predicted octanol–water partition coefficient (Wildman–Crippen LogP) is 2.46. The topological polar surface area (TPSA) is 32.5 Å². The van der Waals surface area contributed by atoms with Gasteiger partial charge >= 0.3 is 6.18 Å². The summed E-state index contributed by atoms with van der Waals surface area (Å²) in [7, 11) is 0. The fraction of sp³-hybridized carbons (Fsp3) is 0.200. The van der Waals surface area contributed by atoms with Gasteiger partial charge < -0.3 is 0 Å². The average Bonchev–Trinajstić information content (AvgIpc) is 2.68. The summed E-state index contributed by atoms with van der Waals surface area (Å²) in [5.74, 6) is 0.176. The molecule has 0 atom stereocenters. The number of halogens is 6. The summed E-state index contributed by atoms with van der Waals surface area (Å²) in [5.41, 5.74) is -2.08. The molecule has 1 heterocycles. The molecule has 2 N–H and O–H groups in total. The van der Waals surface area contributed by atoms with E-state index < -0.39 is 35.0 Å². The van der Waals surface area contributed by atoms with Crippen molar-refractivity contribution in [1.29, 1.82) is 0 Å². The minimum atomic E-state index is -4.80. The number of hydrazine groups is 2. The van der Waals surface area contributed by atoms with Crippen molar-refractivity contribution in [2.24, 2.45) is 5.84 Å². The van der Waals surface area contributed by atoms with Crippen LogP contribution in [0.2, 0.25) is 0 Å². The van der Waals surface area contributed by atoms with Gasteiger partial charge in [-0.1, -0.05) is 0 Å². The molecule has 0 bridgehead atoms. The molecular formula is C10H7F6N3. The highest BCUT2D eigenvalue weighted by Gasteiger charge is 2.43. The van der Waals surface area contributed by atoms with Crippen molar-refractivity contribution in [3.05, 3.63) is 41.4 Å². The molecule has 9 heteroatoms. The van der Waals surface area contributed by atoms with Crippen LogP contribution in [0.1, 0.15) is 0 Å². The first-order valence-corrected chi connectivity index (χ1v) is 4.96. The van der Waals surface area contributed by atoms with E-state index >= 15 is 0 Å². The van der Waals surface area contributed by atoms with Crippen LogP contribution in [0.3, 0.4) is 0 Å². The average molecular weight is 283 g/mol. The molecule has 0 saturated carbocycles. The van der Waals surface area contributed by atoms with Crippen LogP contribution in [0.15, 0.2) is 23.9 Å². The number of anilines is 1. The number of nitrogens with zero attached hydrogens (tertiary/aromatic N) is 2. The third kappa shape index (κ3) is 2.26. The van der Waals surface area contributed by atoms with Crippen molar-refractivity contribution in [3.8, 4) is 0 Å². The number of allylic oxidation sites excluding steroid dienone is 1. The fourth-order valence-corrected chi connectivity index (χ4v) is 1.67. The molecule has 19 heavy (non-hydrogen) atoms. The maximum Gasteiger partial charge on any atom is 0.432 e. The summed E-state index contributed by atoms with van der Waals surface area (Å²) in [6.45, 7) is -0.340. The van der Waals surface area contributed by atoms with Gasteiger partial charge in [-0.3, -0.25) is 5.01 Å². The molecule has 104 valence electrons. The molecule has 2 rings (SSSR count). The summed E-state index contributed by atoms with van der Waals surface area (Å²) in [5, 5.41) is 0.788. The Labute approximate surface area is 103 Å². The van der Waals surface area contributed by atoms with E-state index in [1.807, 2.05) is 0 Å². The smallest absolute Gasteiger partial charge is 0.253 e. The monoisotopic (exact) mass is 283 g/mol. The van der Waals surface area contributed by atoms with Gasteiger partial charge in [-0.25, -0.2) is 19.0 Å². The van der Waals surface area contributed by atoms with Gasteiger partial charge in [0.2, 0.25) is 0 Å². The van der Waals surface area contributed by atoms with Crippen molar-refractivity contribution >= 4 is 5.69 Å². The zero-order valence-corrected chi connectivity index (χ0v) is 9.18. The van der Waals surface area contributed by atoms with Gasteiger partial charge in [-0.2, -0.15) is 18.3 Å². The van der Waals surface area contributed by atoms with E-state index in [2.05, 4.69) is 0 Å². The second kappa shape index (κ2) is 4.42. The molecule has 0 spiro atoms. The molecule has 0 fully saturated rings. The molecule has 0 saturated heterocycles. The van der Waals surface area contributed by atoms with Crippen molar-refractivity contribution in [1.82, 2.24) is 5.12 Å². The first kappa shape index (κ1) is 13.7. The predicted molar refractivity (Wildman–Crippen MR) is 53.8 cm³/mol. The Morgan fingerprint density at radius 3 is 2.26 bits per heavy atom. The summed E-state index contributed by atoms with van der Waals surface area (Å²) < 4.78 is 77.4. The maximum atomic E-state index is 13.5. The Bertz CT molecular complexity index is 539. The quantitative estimate of drug-likeness (QED) is 0.488. The van der Waals surface area contributed by atoms with Gasteiger partial charge in [0.15, 0.2) is 17.5 Å². The summed E-state index contributed by atoms with van der Waals surface area (Å²) in [6.07, 6.45) is -4.09. The number of alkyl halides is 3. The standard InChI is InChI=1S/C10H7F6N3/c11-5-1-2-6(9(13)8(5)12)19-7(10(14,15)16)3-4-18(19)17/h1-3H,4,17H2. The molecule has 1 aromatic rings. The Kier molecular flexibility index (Phi) is 3.19. The first-order chi connectivity index (χ1) is 8.73. The van der Waals surface area contributed by atoms with Gasteiger partial charge in [0.25, 0.3) is 0 Å². The minimum Gasteiger partial charge on any atom is -0.253 e. The van der Waals surface area contributed by atoms with Crippen LogP contribution in [-0.4, -0.2) is 17.8 Å². The van der Waals surface area contributed by atoms with Gasteiger partial charge in [-0.15, -0.1) is 0 Å². The van der Waals surface area contributed by atoms with E-state index in [9.17, 15) is 26.3 Å². The molecule has 0 aromatic heterocycles. The largest absolute Gasteiger partial charge is 0.432 e. The van der Waals surface area contributed by atoms with Crippen LogP contribution in [0.4, 0.5) is 32.0 Å². The van der Waals surface area contributed by atoms with Gasteiger partial charge in [0, 0.05) is 0 Å².